The molecule has 0 saturated heterocycles. The minimum atomic E-state index is -0.421. The zero-order valence-corrected chi connectivity index (χ0v) is 15.4. The molecule has 1 heterocycles. The van der Waals surface area contributed by atoms with E-state index in [1.165, 1.54) is 6.42 Å². The smallest absolute Gasteiger partial charge is 0.145 e. The van der Waals surface area contributed by atoms with Gasteiger partial charge in [-0.1, -0.05) is 73.9 Å². The van der Waals surface area contributed by atoms with Crippen LogP contribution in [-0.2, 0) is 0 Å². The van der Waals surface area contributed by atoms with Crippen molar-refractivity contribution in [1.82, 2.24) is 9.55 Å². The standard InChI is InChI=1S/C25H24N2/c1-3-9-19(10-4-1)20-15-17-22(18-16-20)27-24-14-8-7-13-23(24)26-25(27)21-11-5-2-6-12-21/h2,5-8,11-19H,1,3-4,9-10H2/i19D. The zero-order valence-electron chi connectivity index (χ0n) is 16.4. The third-order valence-electron chi connectivity index (χ3n) is 5.58. The highest BCUT2D eigenvalue weighted by Crippen LogP contribution is 2.34. The Balaban J connectivity index is 1.63. The van der Waals surface area contributed by atoms with Crippen molar-refractivity contribution in [2.24, 2.45) is 0 Å². The van der Waals surface area contributed by atoms with Crippen LogP contribution in [0.5, 0.6) is 0 Å². The Hall–Kier alpha value is -2.87. The average Bonchev–Trinajstić information content (AvgIpc) is 3.15. The summed E-state index contributed by atoms with van der Waals surface area (Å²) in [7, 11) is 0. The average molecular weight is 353 g/mol. The largest absolute Gasteiger partial charge is 0.292 e. The van der Waals surface area contributed by atoms with E-state index in [1.807, 2.05) is 12.1 Å². The van der Waals surface area contributed by atoms with Gasteiger partial charge in [-0.15, -0.1) is 0 Å². The molecular formula is C25H24N2. The first-order chi connectivity index (χ1) is 13.7. The Kier molecular flexibility index (Phi) is 3.96. The number of rotatable bonds is 3. The number of aromatic nitrogens is 2. The van der Waals surface area contributed by atoms with Gasteiger partial charge in [-0.2, -0.15) is 0 Å². The fourth-order valence-corrected chi connectivity index (χ4v) is 4.18. The van der Waals surface area contributed by atoms with Crippen LogP contribution in [0.3, 0.4) is 0 Å². The van der Waals surface area contributed by atoms with E-state index in [0.717, 1.165) is 59.4 Å². The number of fused-ring (bicyclic) bond motifs is 1. The second-order valence-corrected chi connectivity index (χ2v) is 7.34. The molecule has 2 heteroatoms. The van der Waals surface area contributed by atoms with Crippen LogP contribution < -0.4 is 0 Å². The lowest BCUT2D eigenvalue weighted by Crippen LogP contribution is -2.05. The lowest BCUT2D eigenvalue weighted by atomic mass is 9.84. The van der Waals surface area contributed by atoms with Gasteiger partial charge in [-0.05, 0) is 48.6 Å². The van der Waals surface area contributed by atoms with Crippen molar-refractivity contribution in [3.05, 3.63) is 84.4 Å². The van der Waals surface area contributed by atoms with Crippen LogP contribution in [-0.4, -0.2) is 9.55 Å². The lowest BCUT2D eigenvalue weighted by molar-refractivity contribution is 0.443. The number of imidazole rings is 1. The van der Waals surface area contributed by atoms with Crippen LogP contribution in [0.2, 0.25) is 0 Å². The Bertz CT molecular complexity index is 1090. The van der Waals surface area contributed by atoms with Gasteiger partial charge in [0.05, 0.1) is 11.0 Å². The minimum absolute atomic E-state index is 0.421. The number of nitrogens with zero attached hydrogens (tertiary/aromatic N) is 2. The van der Waals surface area contributed by atoms with Gasteiger partial charge in [-0.3, -0.25) is 4.57 Å². The summed E-state index contributed by atoms with van der Waals surface area (Å²) >= 11 is 0. The van der Waals surface area contributed by atoms with Crippen LogP contribution in [0.25, 0.3) is 28.1 Å². The van der Waals surface area contributed by atoms with Crippen molar-refractivity contribution in [2.45, 2.75) is 38.0 Å². The van der Waals surface area contributed by atoms with Crippen molar-refractivity contribution >= 4 is 11.0 Å². The second kappa shape index (κ2) is 7.03. The summed E-state index contributed by atoms with van der Waals surface area (Å²) in [5.74, 6) is 0.531. The summed E-state index contributed by atoms with van der Waals surface area (Å²) in [4.78, 5) is 4.91. The molecule has 0 bridgehead atoms. The molecule has 1 aromatic heterocycles. The molecule has 0 atom stereocenters. The third kappa shape index (κ3) is 3.06. The van der Waals surface area contributed by atoms with Crippen molar-refractivity contribution in [3.8, 4) is 17.1 Å². The Morgan fingerprint density at radius 1 is 0.778 bits per heavy atom. The van der Waals surface area contributed by atoms with Gasteiger partial charge in [0.2, 0.25) is 0 Å². The number of hydrogen-bond acceptors (Lipinski definition) is 1. The highest BCUT2D eigenvalue weighted by Gasteiger charge is 2.17. The molecule has 0 spiro atoms. The molecule has 0 aliphatic heterocycles. The zero-order chi connectivity index (χ0) is 19.0. The molecule has 0 N–H and O–H groups in total. The molecule has 2 nitrogen and oxygen atoms in total. The van der Waals surface area contributed by atoms with Crippen LogP contribution >= 0.6 is 0 Å². The highest BCUT2D eigenvalue weighted by atomic mass is 15.1. The SMILES string of the molecule is [2H]C1(c2ccc(-n3c(-c4ccccc4)nc4ccccc43)cc2)CCCCC1. The summed E-state index contributed by atoms with van der Waals surface area (Å²) in [6, 6.07) is 27.2. The lowest BCUT2D eigenvalue weighted by Gasteiger charge is -2.22. The molecule has 3 aromatic carbocycles. The maximum absolute atomic E-state index is 8.90. The molecule has 1 saturated carbocycles. The molecule has 1 fully saturated rings. The van der Waals surface area contributed by atoms with E-state index in [2.05, 4.69) is 71.3 Å². The van der Waals surface area contributed by atoms with Crippen LogP contribution in [0.4, 0.5) is 0 Å². The molecule has 134 valence electrons. The predicted octanol–water partition coefficient (Wildman–Crippen LogP) is 6.74. The maximum Gasteiger partial charge on any atom is 0.145 e. The van der Waals surface area contributed by atoms with E-state index >= 15 is 0 Å². The van der Waals surface area contributed by atoms with Gasteiger partial charge in [0, 0.05) is 12.6 Å². The number of hydrogen-bond donors (Lipinski definition) is 0. The highest BCUT2D eigenvalue weighted by molar-refractivity contribution is 5.83. The third-order valence-corrected chi connectivity index (χ3v) is 5.58. The van der Waals surface area contributed by atoms with Gasteiger partial charge in [0.15, 0.2) is 0 Å². The monoisotopic (exact) mass is 353 g/mol. The molecule has 0 unspecified atom stereocenters. The number of benzene rings is 3. The molecule has 0 amide bonds. The van der Waals surface area contributed by atoms with E-state index in [0.29, 0.717) is 0 Å². The minimum Gasteiger partial charge on any atom is -0.292 e. The quantitative estimate of drug-likeness (QED) is 0.399. The Morgan fingerprint density at radius 2 is 1.48 bits per heavy atom. The van der Waals surface area contributed by atoms with Crippen molar-refractivity contribution in [1.29, 1.82) is 0 Å². The summed E-state index contributed by atoms with van der Waals surface area (Å²) in [5.41, 5.74) is 5.44. The van der Waals surface area contributed by atoms with Gasteiger partial charge >= 0.3 is 0 Å². The van der Waals surface area contributed by atoms with E-state index in [-0.39, 0.29) is 0 Å². The van der Waals surface area contributed by atoms with Crippen LogP contribution in [0.1, 0.15) is 44.9 Å². The predicted molar refractivity (Wildman–Crippen MR) is 112 cm³/mol. The molecular weight excluding hydrogens is 328 g/mol. The van der Waals surface area contributed by atoms with Gasteiger partial charge < -0.3 is 0 Å². The Morgan fingerprint density at radius 3 is 2.26 bits per heavy atom. The molecule has 27 heavy (non-hydrogen) atoms. The maximum atomic E-state index is 8.90. The number of para-hydroxylation sites is 2. The molecule has 1 aliphatic rings. The van der Waals surface area contributed by atoms with Crippen LogP contribution in [0, 0.1) is 0 Å². The summed E-state index contributed by atoms with van der Waals surface area (Å²) in [6.07, 6.45) is 5.52. The van der Waals surface area contributed by atoms with Crippen molar-refractivity contribution in [3.63, 3.8) is 0 Å². The van der Waals surface area contributed by atoms with Gasteiger partial charge in [0.1, 0.15) is 5.82 Å². The molecule has 0 radical (unpaired) electrons. The fraction of sp³-hybridized carbons (Fsp3) is 0.240. The Labute approximate surface area is 161 Å². The summed E-state index contributed by atoms with van der Waals surface area (Å²) in [5, 5.41) is 0. The van der Waals surface area contributed by atoms with E-state index in [4.69, 9.17) is 6.35 Å². The van der Waals surface area contributed by atoms with Gasteiger partial charge in [-0.25, -0.2) is 4.98 Å². The summed E-state index contributed by atoms with van der Waals surface area (Å²) in [6.45, 7) is 0. The molecule has 1 aliphatic carbocycles. The van der Waals surface area contributed by atoms with E-state index < -0.39 is 5.89 Å². The van der Waals surface area contributed by atoms with Crippen molar-refractivity contribution in [2.75, 3.05) is 0 Å². The first kappa shape index (κ1) is 15.2. The van der Waals surface area contributed by atoms with Crippen LogP contribution in [0.15, 0.2) is 78.9 Å². The van der Waals surface area contributed by atoms with E-state index in [9.17, 15) is 0 Å². The van der Waals surface area contributed by atoms with Crippen molar-refractivity contribution < 1.29 is 1.37 Å². The summed E-state index contributed by atoms with van der Waals surface area (Å²) < 4.78 is 11.1. The second-order valence-electron chi connectivity index (χ2n) is 7.34. The first-order valence-electron chi connectivity index (χ1n) is 10.4. The van der Waals surface area contributed by atoms with Gasteiger partial charge in [0.25, 0.3) is 0 Å². The normalized spacial score (nSPS) is 17.0. The molecule has 5 rings (SSSR count). The first-order valence-corrected chi connectivity index (χ1v) is 9.88. The van der Waals surface area contributed by atoms with E-state index in [1.54, 1.807) is 0 Å². The fourth-order valence-electron chi connectivity index (χ4n) is 4.18. The topological polar surface area (TPSA) is 17.8 Å². The molecule has 4 aromatic rings.